The first kappa shape index (κ1) is 22.3. The highest BCUT2D eigenvalue weighted by Crippen LogP contribution is 2.46. The molecule has 2 aromatic carbocycles. The Labute approximate surface area is 193 Å². The Kier molecular flexibility index (Phi) is 5.99. The Morgan fingerprint density at radius 1 is 1.12 bits per heavy atom. The molecule has 0 radical (unpaired) electrons. The van der Waals surface area contributed by atoms with Gasteiger partial charge in [-0.1, -0.05) is 69.8 Å². The fourth-order valence-corrected chi connectivity index (χ4v) is 5.20. The first-order valence-corrected chi connectivity index (χ1v) is 11.9. The SMILES string of the molecule is CC(C)Cn1c(SCC(=O)C=C2N(C)c3ccccc3C2(C)C)nc2ccccc2c1=O. The number of rotatable bonds is 6. The van der Waals surface area contributed by atoms with Crippen molar-refractivity contribution in [3.63, 3.8) is 0 Å². The average Bonchev–Trinajstić information content (AvgIpc) is 2.95. The topological polar surface area (TPSA) is 55.2 Å². The van der Waals surface area contributed by atoms with Crippen LogP contribution in [0.4, 0.5) is 5.69 Å². The van der Waals surface area contributed by atoms with Gasteiger partial charge in [0, 0.05) is 36.5 Å². The summed E-state index contributed by atoms with van der Waals surface area (Å²) in [7, 11) is 2.00. The Balaban J connectivity index is 1.62. The standard InChI is InChI=1S/C26H29N3O2S/c1-17(2)15-29-24(31)19-10-6-8-12-21(19)27-25(29)32-16-18(30)14-23-26(3,4)20-11-7-9-13-22(20)28(23)5/h6-14,17H,15-16H2,1-5H3. The average molecular weight is 448 g/mol. The maximum absolute atomic E-state index is 13.1. The Hall–Kier alpha value is -2.86. The van der Waals surface area contributed by atoms with E-state index < -0.39 is 0 Å². The number of ketones is 1. The fraction of sp³-hybridized carbons (Fsp3) is 0.346. The zero-order chi connectivity index (χ0) is 23.0. The van der Waals surface area contributed by atoms with Crippen LogP contribution in [0.2, 0.25) is 0 Å². The van der Waals surface area contributed by atoms with Gasteiger partial charge in [-0.15, -0.1) is 0 Å². The van der Waals surface area contributed by atoms with Gasteiger partial charge in [0.25, 0.3) is 5.56 Å². The Bertz CT molecular complexity index is 1270. The summed E-state index contributed by atoms with van der Waals surface area (Å²) in [6.07, 6.45) is 1.75. The molecule has 0 bridgehead atoms. The molecular weight excluding hydrogens is 418 g/mol. The number of anilines is 1. The van der Waals surface area contributed by atoms with Crippen LogP contribution in [0.5, 0.6) is 0 Å². The number of para-hydroxylation sites is 2. The van der Waals surface area contributed by atoms with E-state index in [1.165, 1.54) is 17.3 Å². The van der Waals surface area contributed by atoms with Gasteiger partial charge in [0.1, 0.15) is 0 Å². The Morgan fingerprint density at radius 3 is 2.53 bits per heavy atom. The number of aromatic nitrogens is 2. The van der Waals surface area contributed by atoms with Crippen molar-refractivity contribution < 1.29 is 4.79 Å². The summed E-state index contributed by atoms with van der Waals surface area (Å²) in [6, 6.07) is 15.6. The molecular formula is C26H29N3O2S. The molecule has 0 fully saturated rings. The molecule has 0 N–H and O–H groups in total. The number of carbonyl (C=O) groups excluding carboxylic acids is 1. The highest BCUT2D eigenvalue weighted by Gasteiger charge is 2.38. The summed E-state index contributed by atoms with van der Waals surface area (Å²) in [5.74, 6) is 0.530. The summed E-state index contributed by atoms with van der Waals surface area (Å²) < 4.78 is 1.71. The third kappa shape index (κ3) is 3.99. The van der Waals surface area contributed by atoms with Gasteiger partial charge in [-0.25, -0.2) is 4.98 Å². The van der Waals surface area contributed by atoms with Crippen molar-refractivity contribution >= 4 is 34.1 Å². The van der Waals surface area contributed by atoms with Crippen LogP contribution < -0.4 is 10.5 Å². The third-order valence-electron chi connectivity index (χ3n) is 5.96. The summed E-state index contributed by atoms with van der Waals surface area (Å²) in [5, 5.41) is 1.20. The van der Waals surface area contributed by atoms with E-state index in [4.69, 9.17) is 4.98 Å². The summed E-state index contributed by atoms with van der Waals surface area (Å²) >= 11 is 1.33. The number of allylic oxidation sites excluding steroid dienone is 2. The number of fused-ring (bicyclic) bond motifs is 2. The minimum Gasteiger partial charge on any atom is -0.347 e. The van der Waals surface area contributed by atoms with E-state index in [0.29, 0.717) is 28.5 Å². The number of likely N-dealkylation sites (N-methyl/N-ethyl adjacent to an activating group) is 1. The molecule has 5 nitrogen and oxygen atoms in total. The molecule has 1 aliphatic rings. The van der Waals surface area contributed by atoms with Crippen LogP contribution >= 0.6 is 11.8 Å². The first-order valence-electron chi connectivity index (χ1n) is 10.9. The highest BCUT2D eigenvalue weighted by molar-refractivity contribution is 7.99. The van der Waals surface area contributed by atoms with E-state index >= 15 is 0 Å². The van der Waals surface area contributed by atoms with E-state index in [2.05, 4.69) is 44.7 Å². The van der Waals surface area contributed by atoms with Gasteiger partial charge in [0.05, 0.1) is 16.7 Å². The van der Waals surface area contributed by atoms with Crippen molar-refractivity contribution in [3.05, 3.63) is 76.2 Å². The van der Waals surface area contributed by atoms with Crippen LogP contribution in [0.1, 0.15) is 33.3 Å². The van der Waals surface area contributed by atoms with Crippen molar-refractivity contribution in [3.8, 4) is 0 Å². The van der Waals surface area contributed by atoms with Crippen molar-refractivity contribution in [1.82, 2.24) is 9.55 Å². The molecule has 0 saturated carbocycles. The number of nitrogens with zero attached hydrogens (tertiary/aromatic N) is 3. The van der Waals surface area contributed by atoms with E-state index in [1.54, 1.807) is 16.7 Å². The van der Waals surface area contributed by atoms with Crippen molar-refractivity contribution in [2.24, 2.45) is 5.92 Å². The smallest absolute Gasteiger partial charge is 0.262 e. The van der Waals surface area contributed by atoms with Crippen molar-refractivity contribution in [2.75, 3.05) is 17.7 Å². The molecule has 0 amide bonds. The predicted molar refractivity (Wildman–Crippen MR) is 133 cm³/mol. The van der Waals surface area contributed by atoms with Crippen LogP contribution in [-0.4, -0.2) is 28.1 Å². The number of carbonyl (C=O) groups is 1. The third-order valence-corrected chi connectivity index (χ3v) is 6.95. The maximum atomic E-state index is 13.1. The minimum absolute atomic E-state index is 0.0104. The summed E-state index contributed by atoms with van der Waals surface area (Å²) in [5.41, 5.74) is 3.70. The number of benzene rings is 2. The van der Waals surface area contributed by atoms with Gasteiger partial charge in [0.2, 0.25) is 0 Å². The van der Waals surface area contributed by atoms with Gasteiger partial charge < -0.3 is 4.90 Å². The van der Waals surface area contributed by atoms with E-state index in [9.17, 15) is 9.59 Å². The molecule has 0 saturated heterocycles. The van der Waals surface area contributed by atoms with Gasteiger partial charge in [0.15, 0.2) is 10.9 Å². The molecule has 2 heterocycles. The molecule has 0 aliphatic carbocycles. The zero-order valence-electron chi connectivity index (χ0n) is 19.3. The van der Waals surface area contributed by atoms with E-state index in [-0.39, 0.29) is 22.5 Å². The van der Waals surface area contributed by atoms with Crippen LogP contribution in [-0.2, 0) is 16.8 Å². The normalized spacial score (nSPS) is 16.2. The second-order valence-electron chi connectivity index (χ2n) is 9.21. The largest absolute Gasteiger partial charge is 0.347 e. The van der Waals surface area contributed by atoms with Crippen molar-refractivity contribution in [2.45, 2.75) is 44.8 Å². The van der Waals surface area contributed by atoms with Gasteiger partial charge in [-0.2, -0.15) is 0 Å². The highest BCUT2D eigenvalue weighted by atomic mass is 32.2. The predicted octanol–water partition coefficient (Wildman–Crippen LogP) is 5.03. The van der Waals surface area contributed by atoms with Crippen LogP contribution in [0, 0.1) is 5.92 Å². The quantitative estimate of drug-likeness (QED) is 0.302. The van der Waals surface area contributed by atoms with E-state index in [1.807, 2.05) is 37.4 Å². The zero-order valence-corrected chi connectivity index (χ0v) is 20.1. The lowest BCUT2D eigenvalue weighted by Crippen LogP contribution is -2.26. The van der Waals surface area contributed by atoms with Gasteiger partial charge >= 0.3 is 0 Å². The molecule has 0 unspecified atom stereocenters. The molecule has 166 valence electrons. The van der Waals surface area contributed by atoms with Gasteiger partial charge in [-0.05, 0) is 29.7 Å². The molecule has 4 rings (SSSR count). The minimum atomic E-state index is -0.243. The lowest BCUT2D eigenvalue weighted by atomic mass is 9.83. The molecule has 0 spiro atoms. The molecule has 3 aromatic rings. The number of hydrogen-bond donors (Lipinski definition) is 0. The summed E-state index contributed by atoms with van der Waals surface area (Å²) in [6.45, 7) is 9.00. The van der Waals surface area contributed by atoms with E-state index in [0.717, 1.165) is 11.4 Å². The molecule has 0 atom stereocenters. The summed E-state index contributed by atoms with van der Waals surface area (Å²) in [4.78, 5) is 32.9. The monoisotopic (exact) mass is 447 g/mol. The lowest BCUT2D eigenvalue weighted by Gasteiger charge is -2.24. The van der Waals surface area contributed by atoms with Crippen LogP contribution in [0.3, 0.4) is 0 Å². The second-order valence-corrected chi connectivity index (χ2v) is 10.1. The fourth-order valence-electron chi connectivity index (χ4n) is 4.37. The number of thioether (sulfide) groups is 1. The lowest BCUT2D eigenvalue weighted by molar-refractivity contribution is -0.112. The number of hydrogen-bond acceptors (Lipinski definition) is 5. The molecule has 1 aliphatic heterocycles. The second kappa shape index (κ2) is 8.58. The molecule has 32 heavy (non-hydrogen) atoms. The Morgan fingerprint density at radius 2 is 1.81 bits per heavy atom. The van der Waals surface area contributed by atoms with Crippen molar-refractivity contribution in [1.29, 1.82) is 0 Å². The first-order chi connectivity index (χ1) is 15.2. The molecule has 1 aromatic heterocycles. The van der Waals surface area contributed by atoms with Crippen LogP contribution in [0.25, 0.3) is 10.9 Å². The van der Waals surface area contributed by atoms with Gasteiger partial charge in [-0.3, -0.25) is 14.2 Å². The molecule has 6 heteroatoms. The van der Waals surface area contributed by atoms with Crippen LogP contribution in [0.15, 0.2) is 70.3 Å². The maximum Gasteiger partial charge on any atom is 0.262 e.